The van der Waals surface area contributed by atoms with Gasteiger partial charge in [-0.15, -0.1) is 0 Å². The number of nitrogens with zero attached hydrogens (tertiary/aromatic N) is 1. The molecule has 0 bridgehead atoms. The number of carbonyl (C=O) groups excluding carboxylic acids is 2. The molecule has 29 heavy (non-hydrogen) atoms. The van der Waals surface area contributed by atoms with Crippen LogP contribution in [0.3, 0.4) is 0 Å². The maximum absolute atomic E-state index is 12.7. The minimum atomic E-state index is -0.376. The lowest BCUT2D eigenvalue weighted by atomic mass is 10.1. The van der Waals surface area contributed by atoms with Crippen LogP contribution in [0.5, 0.6) is 5.75 Å². The predicted molar refractivity (Wildman–Crippen MR) is 116 cm³/mol. The monoisotopic (exact) mass is 396 g/mol. The van der Waals surface area contributed by atoms with Crippen LogP contribution in [-0.2, 0) is 0 Å². The first kappa shape index (κ1) is 20.5. The number of anilines is 3. The molecule has 2 aromatic carbocycles. The molecule has 1 aliphatic rings. The smallest absolute Gasteiger partial charge is 0.323 e. The molecule has 1 heterocycles. The Morgan fingerprint density at radius 3 is 2.21 bits per heavy atom. The summed E-state index contributed by atoms with van der Waals surface area (Å²) >= 11 is 0. The molecule has 0 aliphatic carbocycles. The van der Waals surface area contributed by atoms with Gasteiger partial charge in [0.1, 0.15) is 5.75 Å². The van der Waals surface area contributed by atoms with Crippen molar-refractivity contribution in [2.75, 3.05) is 35.7 Å². The Kier molecular flexibility index (Phi) is 6.59. The fourth-order valence-electron chi connectivity index (χ4n) is 3.34. The van der Waals surface area contributed by atoms with E-state index in [1.54, 1.807) is 37.4 Å². The van der Waals surface area contributed by atoms with Crippen molar-refractivity contribution in [1.29, 1.82) is 0 Å². The summed E-state index contributed by atoms with van der Waals surface area (Å²) in [6, 6.07) is 12.2. The van der Waals surface area contributed by atoms with Gasteiger partial charge in [0.2, 0.25) is 0 Å². The Hall–Kier alpha value is -3.22. The lowest BCUT2D eigenvalue weighted by Crippen LogP contribution is -2.32. The van der Waals surface area contributed by atoms with Crippen molar-refractivity contribution >= 4 is 29.0 Å². The van der Waals surface area contributed by atoms with E-state index in [0.29, 0.717) is 22.7 Å². The van der Waals surface area contributed by atoms with E-state index in [0.717, 1.165) is 31.6 Å². The van der Waals surface area contributed by atoms with Crippen LogP contribution in [0.25, 0.3) is 0 Å². The number of carbonyl (C=O) groups is 2. The lowest BCUT2D eigenvalue weighted by molar-refractivity contribution is 0.0943. The summed E-state index contributed by atoms with van der Waals surface area (Å²) in [6.45, 7) is 5.73. The Labute approximate surface area is 171 Å². The highest BCUT2D eigenvalue weighted by atomic mass is 16.5. The number of amides is 3. The average molecular weight is 396 g/mol. The van der Waals surface area contributed by atoms with Gasteiger partial charge in [-0.05, 0) is 69.2 Å². The molecule has 0 saturated carbocycles. The van der Waals surface area contributed by atoms with Gasteiger partial charge in [0.25, 0.3) is 5.91 Å². The molecule has 2 aromatic rings. The standard InChI is InChI=1S/C22H28N4O3/c1-15(2)23-21(27)19-14-17(8-11-20(19)26-12-4-5-13-26)25-22(28)24-16-6-9-18(29-3)10-7-16/h6-11,14-15H,4-5,12-13H2,1-3H3,(H,23,27)(H2,24,25,28). The van der Waals surface area contributed by atoms with Crippen LogP contribution in [0.15, 0.2) is 42.5 Å². The van der Waals surface area contributed by atoms with Gasteiger partial charge >= 0.3 is 6.03 Å². The van der Waals surface area contributed by atoms with Gasteiger partial charge in [-0.1, -0.05) is 0 Å². The summed E-state index contributed by atoms with van der Waals surface area (Å²) in [7, 11) is 1.59. The highest BCUT2D eigenvalue weighted by Crippen LogP contribution is 2.28. The Morgan fingerprint density at radius 1 is 0.966 bits per heavy atom. The van der Waals surface area contributed by atoms with E-state index in [1.165, 1.54) is 0 Å². The van der Waals surface area contributed by atoms with Gasteiger partial charge in [0.05, 0.1) is 12.7 Å². The van der Waals surface area contributed by atoms with Crippen LogP contribution >= 0.6 is 0 Å². The second kappa shape index (κ2) is 9.32. The molecule has 7 nitrogen and oxygen atoms in total. The van der Waals surface area contributed by atoms with Crippen LogP contribution in [-0.4, -0.2) is 38.2 Å². The topological polar surface area (TPSA) is 82.7 Å². The molecule has 1 fully saturated rings. The first-order chi connectivity index (χ1) is 14.0. The molecule has 3 amide bonds. The largest absolute Gasteiger partial charge is 0.497 e. The fourth-order valence-corrected chi connectivity index (χ4v) is 3.34. The highest BCUT2D eigenvalue weighted by Gasteiger charge is 2.21. The number of benzene rings is 2. The van der Waals surface area contributed by atoms with Gasteiger partial charge in [0.15, 0.2) is 0 Å². The number of rotatable bonds is 6. The third kappa shape index (κ3) is 5.40. The third-order valence-electron chi connectivity index (χ3n) is 4.71. The molecule has 3 N–H and O–H groups in total. The second-order valence-electron chi connectivity index (χ2n) is 7.36. The first-order valence-corrected chi connectivity index (χ1v) is 9.88. The maximum Gasteiger partial charge on any atom is 0.323 e. The van der Waals surface area contributed by atoms with Crippen molar-refractivity contribution in [1.82, 2.24) is 5.32 Å². The van der Waals surface area contributed by atoms with E-state index >= 15 is 0 Å². The number of urea groups is 1. The molecule has 0 spiro atoms. The van der Waals surface area contributed by atoms with E-state index in [-0.39, 0.29) is 18.0 Å². The summed E-state index contributed by atoms with van der Waals surface area (Å²) < 4.78 is 5.12. The molecule has 0 radical (unpaired) electrons. The van der Waals surface area contributed by atoms with Gasteiger partial charge in [0, 0.05) is 36.2 Å². The van der Waals surface area contributed by atoms with E-state index in [9.17, 15) is 9.59 Å². The highest BCUT2D eigenvalue weighted by molar-refractivity contribution is 6.04. The minimum Gasteiger partial charge on any atom is -0.497 e. The summed E-state index contributed by atoms with van der Waals surface area (Å²) in [6.07, 6.45) is 2.24. The zero-order valence-electron chi connectivity index (χ0n) is 17.1. The van der Waals surface area contributed by atoms with Crippen LogP contribution in [0.2, 0.25) is 0 Å². The van der Waals surface area contributed by atoms with Crippen molar-refractivity contribution in [2.24, 2.45) is 0 Å². The van der Waals surface area contributed by atoms with Crippen LogP contribution in [0.4, 0.5) is 21.9 Å². The van der Waals surface area contributed by atoms with Gasteiger partial charge in [-0.25, -0.2) is 4.79 Å². The number of hydrogen-bond donors (Lipinski definition) is 3. The molecule has 0 atom stereocenters. The summed E-state index contributed by atoms with van der Waals surface area (Å²) in [5.74, 6) is 0.579. The van der Waals surface area contributed by atoms with Crippen LogP contribution in [0.1, 0.15) is 37.0 Å². The van der Waals surface area contributed by atoms with E-state index < -0.39 is 0 Å². The fraction of sp³-hybridized carbons (Fsp3) is 0.364. The molecule has 7 heteroatoms. The zero-order chi connectivity index (χ0) is 20.8. The van der Waals surface area contributed by atoms with Crippen LogP contribution in [0, 0.1) is 0 Å². The minimum absolute atomic E-state index is 0.0314. The van der Waals surface area contributed by atoms with Crippen molar-refractivity contribution in [3.63, 3.8) is 0 Å². The number of hydrogen-bond acceptors (Lipinski definition) is 4. The van der Waals surface area contributed by atoms with Crippen molar-refractivity contribution in [2.45, 2.75) is 32.7 Å². The van der Waals surface area contributed by atoms with Crippen LogP contribution < -0.4 is 25.6 Å². The molecular formula is C22H28N4O3. The second-order valence-corrected chi connectivity index (χ2v) is 7.36. The Balaban J connectivity index is 1.75. The van der Waals surface area contributed by atoms with Crippen molar-refractivity contribution < 1.29 is 14.3 Å². The Bertz CT molecular complexity index is 859. The van der Waals surface area contributed by atoms with Gasteiger partial charge in [-0.2, -0.15) is 0 Å². The first-order valence-electron chi connectivity index (χ1n) is 9.88. The normalized spacial score (nSPS) is 13.3. The predicted octanol–water partition coefficient (Wildman–Crippen LogP) is 4.08. The number of methoxy groups -OCH3 is 1. The van der Waals surface area contributed by atoms with Crippen molar-refractivity contribution in [3.05, 3.63) is 48.0 Å². The SMILES string of the molecule is COc1ccc(NC(=O)Nc2ccc(N3CCCC3)c(C(=O)NC(C)C)c2)cc1. The van der Waals surface area contributed by atoms with Crippen molar-refractivity contribution in [3.8, 4) is 5.75 Å². The van der Waals surface area contributed by atoms with Gasteiger partial charge in [-0.3, -0.25) is 4.79 Å². The average Bonchev–Trinajstić information content (AvgIpc) is 3.22. The molecule has 1 saturated heterocycles. The summed E-state index contributed by atoms with van der Waals surface area (Å²) in [5.41, 5.74) is 2.69. The lowest BCUT2D eigenvalue weighted by Gasteiger charge is -2.22. The molecule has 3 rings (SSSR count). The molecule has 0 unspecified atom stereocenters. The number of nitrogens with one attached hydrogen (secondary N) is 3. The molecule has 154 valence electrons. The number of ether oxygens (including phenoxy) is 1. The van der Waals surface area contributed by atoms with Gasteiger partial charge < -0.3 is 25.6 Å². The quantitative estimate of drug-likeness (QED) is 0.687. The Morgan fingerprint density at radius 2 is 1.59 bits per heavy atom. The molecule has 1 aliphatic heterocycles. The van der Waals surface area contributed by atoms with E-state index in [1.807, 2.05) is 26.0 Å². The molecular weight excluding hydrogens is 368 g/mol. The molecule has 0 aromatic heterocycles. The van der Waals surface area contributed by atoms with E-state index in [4.69, 9.17) is 4.74 Å². The summed E-state index contributed by atoms with van der Waals surface area (Å²) in [4.78, 5) is 27.3. The zero-order valence-corrected chi connectivity index (χ0v) is 17.1. The summed E-state index contributed by atoms with van der Waals surface area (Å²) in [5, 5.41) is 8.53. The van der Waals surface area contributed by atoms with E-state index in [2.05, 4.69) is 20.9 Å². The third-order valence-corrected chi connectivity index (χ3v) is 4.71. The maximum atomic E-state index is 12.7.